The second kappa shape index (κ2) is 4.30. The van der Waals surface area contributed by atoms with Gasteiger partial charge in [-0.1, -0.05) is 18.2 Å². The summed E-state index contributed by atoms with van der Waals surface area (Å²) in [5.74, 6) is 1.70. The van der Waals surface area contributed by atoms with E-state index in [1.165, 1.54) is 4.88 Å². The Morgan fingerprint density at radius 1 is 1.14 bits per heavy atom. The van der Waals surface area contributed by atoms with E-state index in [1.807, 2.05) is 30.3 Å². The van der Waals surface area contributed by atoms with Crippen LogP contribution in [0, 0.1) is 13.8 Å². The molecule has 104 valence electrons. The highest BCUT2D eigenvalue weighted by atomic mass is 32.1. The molecule has 4 aromatic rings. The zero-order chi connectivity index (χ0) is 14.6. The van der Waals surface area contributed by atoms with Crippen molar-refractivity contribution in [1.82, 2.24) is 9.97 Å². The van der Waals surface area contributed by atoms with Crippen molar-refractivity contribution in [2.24, 2.45) is 0 Å². The van der Waals surface area contributed by atoms with Gasteiger partial charge in [0.15, 0.2) is 11.6 Å². The number of nitrogens with two attached hydrogens (primary N) is 1. The Morgan fingerprint density at radius 3 is 2.76 bits per heavy atom. The van der Waals surface area contributed by atoms with Crippen molar-refractivity contribution in [3.63, 3.8) is 0 Å². The number of benzene rings is 1. The SMILES string of the molecule is Cc1sc2nc(-c3cc4ccccc4o3)nc(N)c2c1C. The maximum absolute atomic E-state index is 6.12. The highest BCUT2D eigenvalue weighted by Crippen LogP contribution is 2.34. The summed E-state index contributed by atoms with van der Waals surface area (Å²) in [4.78, 5) is 11.2. The Hall–Kier alpha value is -2.40. The molecule has 0 aliphatic heterocycles. The lowest BCUT2D eigenvalue weighted by Gasteiger charge is -2.00. The lowest BCUT2D eigenvalue weighted by atomic mass is 10.2. The van der Waals surface area contributed by atoms with Crippen LogP contribution in [0.5, 0.6) is 0 Å². The van der Waals surface area contributed by atoms with Gasteiger partial charge in [0.05, 0.1) is 5.39 Å². The number of para-hydroxylation sites is 1. The molecule has 1 aromatic carbocycles. The van der Waals surface area contributed by atoms with Crippen molar-refractivity contribution in [3.8, 4) is 11.6 Å². The number of nitrogen functional groups attached to an aromatic ring is 1. The minimum Gasteiger partial charge on any atom is -0.453 e. The van der Waals surface area contributed by atoms with Crippen LogP contribution in [0.15, 0.2) is 34.7 Å². The first kappa shape index (κ1) is 12.3. The van der Waals surface area contributed by atoms with Crippen LogP contribution in [0.1, 0.15) is 10.4 Å². The summed E-state index contributed by atoms with van der Waals surface area (Å²) >= 11 is 1.64. The molecule has 0 saturated carbocycles. The van der Waals surface area contributed by atoms with Crippen molar-refractivity contribution in [1.29, 1.82) is 0 Å². The molecule has 4 rings (SSSR count). The number of aromatic nitrogens is 2. The molecule has 0 spiro atoms. The highest BCUT2D eigenvalue weighted by molar-refractivity contribution is 7.18. The van der Waals surface area contributed by atoms with Gasteiger partial charge in [0.25, 0.3) is 0 Å². The van der Waals surface area contributed by atoms with Gasteiger partial charge in [-0.3, -0.25) is 0 Å². The van der Waals surface area contributed by atoms with Crippen LogP contribution < -0.4 is 5.73 Å². The number of anilines is 1. The molecule has 0 aliphatic carbocycles. The predicted molar refractivity (Wildman–Crippen MR) is 86.5 cm³/mol. The van der Waals surface area contributed by atoms with E-state index in [9.17, 15) is 0 Å². The molecule has 2 N–H and O–H groups in total. The largest absolute Gasteiger partial charge is 0.453 e. The average molecular weight is 295 g/mol. The number of fused-ring (bicyclic) bond motifs is 2. The third-order valence-corrected chi connectivity index (χ3v) is 4.80. The summed E-state index contributed by atoms with van der Waals surface area (Å²) < 4.78 is 5.82. The molecule has 3 heterocycles. The first-order valence-corrected chi connectivity index (χ1v) is 7.47. The monoisotopic (exact) mass is 295 g/mol. The van der Waals surface area contributed by atoms with Gasteiger partial charge in [-0.15, -0.1) is 11.3 Å². The van der Waals surface area contributed by atoms with Crippen molar-refractivity contribution in [2.45, 2.75) is 13.8 Å². The molecule has 5 heteroatoms. The van der Waals surface area contributed by atoms with E-state index >= 15 is 0 Å². The standard InChI is InChI=1S/C16H13N3OS/c1-8-9(2)21-16-13(8)14(17)18-15(19-16)12-7-10-5-3-4-6-11(10)20-12/h3-7H,1-2H3,(H2,17,18,19). The molecule has 0 radical (unpaired) electrons. The zero-order valence-corrected chi connectivity index (χ0v) is 12.5. The quantitative estimate of drug-likeness (QED) is 0.568. The lowest BCUT2D eigenvalue weighted by Crippen LogP contribution is -1.96. The van der Waals surface area contributed by atoms with Gasteiger partial charge in [-0.2, -0.15) is 0 Å². The fourth-order valence-electron chi connectivity index (χ4n) is 2.48. The molecule has 21 heavy (non-hydrogen) atoms. The van der Waals surface area contributed by atoms with Crippen LogP contribution in [0.3, 0.4) is 0 Å². The lowest BCUT2D eigenvalue weighted by molar-refractivity contribution is 0.626. The number of aryl methyl sites for hydroxylation is 2. The predicted octanol–water partition coefficient (Wildman–Crippen LogP) is 4.30. The third-order valence-electron chi connectivity index (χ3n) is 3.70. The molecule has 0 amide bonds. The number of hydrogen-bond donors (Lipinski definition) is 1. The zero-order valence-electron chi connectivity index (χ0n) is 11.7. The first-order valence-electron chi connectivity index (χ1n) is 6.65. The Kier molecular flexibility index (Phi) is 2.53. The maximum atomic E-state index is 6.12. The van der Waals surface area contributed by atoms with Crippen molar-refractivity contribution >= 4 is 38.3 Å². The number of rotatable bonds is 1. The van der Waals surface area contributed by atoms with Gasteiger partial charge in [0.2, 0.25) is 0 Å². The van der Waals surface area contributed by atoms with E-state index in [0.717, 1.165) is 26.7 Å². The summed E-state index contributed by atoms with van der Waals surface area (Å²) in [7, 11) is 0. The average Bonchev–Trinajstić information content (AvgIpc) is 3.01. The summed E-state index contributed by atoms with van der Waals surface area (Å²) in [6.07, 6.45) is 0. The van der Waals surface area contributed by atoms with Crippen LogP contribution in [0.2, 0.25) is 0 Å². The van der Waals surface area contributed by atoms with E-state index in [0.29, 0.717) is 17.4 Å². The molecule has 0 aliphatic rings. The van der Waals surface area contributed by atoms with E-state index in [-0.39, 0.29) is 0 Å². The fraction of sp³-hybridized carbons (Fsp3) is 0.125. The molecule has 3 aromatic heterocycles. The van der Waals surface area contributed by atoms with Gasteiger partial charge < -0.3 is 10.2 Å². The molecule has 4 nitrogen and oxygen atoms in total. The number of thiophene rings is 1. The molecule has 0 fully saturated rings. The number of nitrogens with zero attached hydrogens (tertiary/aromatic N) is 2. The molecular formula is C16H13N3OS. The van der Waals surface area contributed by atoms with E-state index in [2.05, 4.69) is 23.8 Å². The molecular weight excluding hydrogens is 282 g/mol. The molecule has 0 saturated heterocycles. The summed E-state index contributed by atoms with van der Waals surface area (Å²) in [5.41, 5.74) is 8.10. The molecule has 0 unspecified atom stereocenters. The van der Waals surface area contributed by atoms with E-state index in [1.54, 1.807) is 11.3 Å². The third kappa shape index (κ3) is 1.81. The fourth-order valence-corrected chi connectivity index (χ4v) is 3.52. The second-order valence-corrected chi connectivity index (χ2v) is 6.25. The van der Waals surface area contributed by atoms with Crippen LogP contribution in [0.25, 0.3) is 32.8 Å². The van der Waals surface area contributed by atoms with Crippen molar-refractivity contribution < 1.29 is 4.42 Å². The number of hydrogen-bond acceptors (Lipinski definition) is 5. The van der Waals surface area contributed by atoms with Gasteiger partial charge in [0, 0.05) is 10.3 Å². The number of furan rings is 1. The Labute approximate surface area is 125 Å². The van der Waals surface area contributed by atoms with Crippen molar-refractivity contribution in [2.75, 3.05) is 5.73 Å². The Morgan fingerprint density at radius 2 is 1.95 bits per heavy atom. The van der Waals surface area contributed by atoms with E-state index < -0.39 is 0 Å². The minimum absolute atomic E-state index is 0.511. The molecule has 0 atom stereocenters. The van der Waals surface area contributed by atoms with Crippen molar-refractivity contribution in [3.05, 3.63) is 40.8 Å². The molecule has 0 bridgehead atoms. The maximum Gasteiger partial charge on any atom is 0.199 e. The topological polar surface area (TPSA) is 64.9 Å². The minimum atomic E-state index is 0.511. The normalized spacial score (nSPS) is 11.5. The van der Waals surface area contributed by atoms with Crippen LogP contribution in [-0.2, 0) is 0 Å². The van der Waals surface area contributed by atoms with Crippen LogP contribution >= 0.6 is 11.3 Å². The summed E-state index contributed by atoms with van der Waals surface area (Å²) in [5, 5.41) is 1.99. The summed E-state index contributed by atoms with van der Waals surface area (Å²) in [6.45, 7) is 4.12. The van der Waals surface area contributed by atoms with Crippen LogP contribution in [-0.4, -0.2) is 9.97 Å². The Balaban J connectivity index is 1.97. The smallest absolute Gasteiger partial charge is 0.199 e. The highest BCUT2D eigenvalue weighted by Gasteiger charge is 2.15. The first-order chi connectivity index (χ1) is 10.1. The van der Waals surface area contributed by atoms with Gasteiger partial charge in [0.1, 0.15) is 16.2 Å². The summed E-state index contributed by atoms with van der Waals surface area (Å²) in [6, 6.07) is 9.80. The van der Waals surface area contributed by atoms with E-state index in [4.69, 9.17) is 10.2 Å². The second-order valence-electron chi connectivity index (χ2n) is 5.04. The van der Waals surface area contributed by atoms with Crippen LogP contribution in [0.4, 0.5) is 5.82 Å². The Bertz CT molecular complexity index is 951. The van der Waals surface area contributed by atoms with Gasteiger partial charge in [-0.05, 0) is 31.5 Å². The van der Waals surface area contributed by atoms with Gasteiger partial charge >= 0.3 is 0 Å². The van der Waals surface area contributed by atoms with Gasteiger partial charge in [-0.25, -0.2) is 9.97 Å².